The molecule has 0 heterocycles. The van der Waals surface area contributed by atoms with Crippen LogP contribution in [0.2, 0.25) is 0 Å². The number of hydrogen-bond donors (Lipinski definition) is 1. The number of amides is 1. The summed E-state index contributed by atoms with van der Waals surface area (Å²) < 4.78 is 44.8. The summed E-state index contributed by atoms with van der Waals surface area (Å²) in [6.45, 7) is -0.285. The summed E-state index contributed by atoms with van der Waals surface area (Å²) in [5.41, 5.74) is 0.618. The molecule has 0 aliphatic heterocycles. The highest BCUT2D eigenvalue weighted by Gasteiger charge is 2.29. The number of hydrogen-bond acceptors (Lipinski definition) is 4. The smallest absolute Gasteiger partial charge is 0.411 e. The second-order valence-electron chi connectivity index (χ2n) is 4.13. The van der Waals surface area contributed by atoms with Crippen molar-refractivity contribution in [3.63, 3.8) is 0 Å². The summed E-state index contributed by atoms with van der Waals surface area (Å²) in [6.07, 6.45) is -5.75. The van der Waals surface area contributed by atoms with Gasteiger partial charge < -0.3 is 14.8 Å². The van der Waals surface area contributed by atoms with Crippen LogP contribution in [0, 0.1) is 0 Å². The van der Waals surface area contributed by atoms with Crippen molar-refractivity contribution in [2.75, 3.05) is 19.0 Å². The highest BCUT2D eigenvalue weighted by molar-refractivity contribution is 5.95. The van der Waals surface area contributed by atoms with E-state index in [1.165, 1.54) is 38.3 Å². The van der Waals surface area contributed by atoms with E-state index in [1.54, 1.807) is 0 Å². The molecule has 0 aliphatic carbocycles. The third-order valence-corrected chi connectivity index (χ3v) is 2.44. The predicted octanol–water partition coefficient (Wildman–Crippen LogP) is 2.38. The predicted molar refractivity (Wildman–Crippen MR) is 67.9 cm³/mol. The highest BCUT2D eigenvalue weighted by atomic mass is 19.4. The van der Waals surface area contributed by atoms with Gasteiger partial charge in [0.15, 0.2) is 0 Å². The van der Waals surface area contributed by atoms with Gasteiger partial charge in [-0.25, -0.2) is 4.79 Å². The Morgan fingerprint density at radius 3 is 2.29 bits per heavy atom. The molecule has 0 saturated heterocycles. The second kappa shape index (κ2) is 7.07. The van der Waals surface area contributed by atoms with Crippen LogP contribution in [-0.4, -0.2) is 37.9 Å². The van der Waals surface area contributed by atoms with E-state index < -0.39 is 30.8 Å². The molecule has 21 heavy (non-hydrogen) atoms. The average Bonchev–Trinajstić information content (AvgIpc) is 2.43. The first-order valence-electron chi connectivity index (χ1n) is 5.90. The Hall–Kier alpha value is -2.09. The molecule has 0 fully saturated rings. The molecule has 5 nitrogen and oxygen atoms in total. The van der Waals surface area contributed by atoms with Crippen LogP contribution in [0.15, 0.2) is 24.3 Å². The van der Waals surface area contributed by atoms with Gasteiger partial charge in [0.1, 0.15) is 12.7 Å². The fourth-order valence-electron chi connectivity index (χ4n) is 1.35. The third kappa shape index (κ3) is 5.82. The number of ether oxygens (including phenoxy) is 2. The SMILES string of the molecule is COC(=O)c1ccc(NC(=O)[C@H](C)OCC(F)(F)F)cc1. The summed E-state index contributed by atoms with van der Waals surface area (Å²) in [6, 6.07) is 5.70. The van der Waals surface area contributed by atoms with Gasteiger partial charge in [0.2, 0.25) is 0 Å². The molecule has 0 saturated carbocycles. The normalized spacial score (nSPS) is 12.6. The van der Waals surface area contributed by atoms with E-state index in [0.29, 0.717) is 5.69 Å². The van der Waals surface area contributed by atoms with E-state index >= 15 is 0 Å². The zero-order chi connectivity index (χ0) is 16.0. The Kier molecular flexibility index (Phi) is 5.71. The molecule has 0 aromatic heterocycles. The van der Waals surface area contributed by atoms with Crippen LogP contribution in [0.5, 0.6) is 0 Å². The summed E-state index contributed by atoms with van der Waals surface area (Å²) in [4.78, 5) is 22.8. The lowest BCUT2D eigenvalue weighted by atomic mass is 10.2. The van der Waals surface area contributed by atoms with Crippen LogP contribution in [0.25, 0.3) is 0 Å². The van der Waals surface area contributed by atoms with E-state index in [1.807, 2.05) is 0 Å². The van der Waals surface area contributed by atoms with Crippen LogP contribution in [0.1, 0.15) is 17.3 Å². The molecule has 0 spiro atoms. The van der Waals surface area contributed by atoms with Crippen LogP contribution >= 0.6 is 0 Å². The number of carbonyl (C=O) groups is 2. The monoisotopic (exact) mass is 305 g/mol. The fraction of sp³-hybridized carbons (Fsp3) is 0.385. The van der Waals surface area contributed by atoms with Crippen LogP contribution in [0.4, 0.5) is 18.9 Å². The van der Waals surface area contributed by atoms with Crippen LogP contribution < -0.4 is 5.32 Å². The number of nitrogens with one attached hydrogen (secondary N) is 1. The zero-order valence-electron chi connectivity index (χ0n) is 11.4. The molecule has 1 N–H and O–H groups in total. The molecule has 8 heteroatoms. The molecule has 1 aromatic carbocycles. The first kappa shape index (κ1) is 17.0. The first-order valence-corrected chi connectivity index (χ1v) is 5.90. The molecule has 116 valence electrons. The Morgan fingerprint density at radius 2 is 1.81 bits per heavy atom. The number of halogens is 3. The zero-order valence-corrected chi connectivity index (χ0v) is 11.4. The number of esters is 1. The summed E-state index contributed by atoms with van der Waals surface area (Å²) in [5, 5.41) is 2.38. The minimum Gasteiger partial charge on any atom is -0.465 e. The maximum Gasteiger partial charge on any atom is 0.411 e. The molecule has 1 rings (SSSR count). The fourth-order valence-corrected chi connectivity index (χ4v) is 1.35. The number of carbonyl (C=O) groups excluding carboxylic acids is 2. The summed E-state index contributed by atoms with van der Waals surface area (Å²) in [7, 11) is 1.23. The lowest BCUT2D eigenvalue weighted by Crippen LogP contribution is -2.31. The van der Waals surface area contributed by atoms with E-state index in [9.17, 15) is 22.8 Å². The standard InChI is InChI=1S/C13H14F3NO4/c1-8(21-7-13(14,15)16)11(18)17-10-5-3-9(4-6-10)12(19)20-2/h3-6,8H,7H2,1-2H3,(H,17,18)/t8-/m0/s1. The van der Waals surface area contributed by atoms with Crippen molar-refractivity contribution in [3.8, 4) is 0 Å². The topological polar surface area (TPSA) is 64.6 Å². The third-order valence-electron chi connectivity index (χ3n) is 2.44. The highest BCUT2D eigenvalue weighted by Crippen LogP contribution is 2.16. The van der Waals surface area contributed by atoms with E-state index in [2.05, 4.69) is 14.8 Å². The lowest BCUT2D eigenvalue weighted by Gasteiger charge is -2.14. The quantitative estimate of drug-likeness (QED) is 0.848. The maximum absolute atomic E-state index is 12.0. The largest absolute Gasteiger partial charge is 0.465 e. The molecule has 1 atom stereocenters. The molecule has 1 aromatic rings. The molecular formula is C13H14F3NO4. The van der Waals surface area contributed by atoms with Crippen LogP contribution in [0.3, 0.4) is 0 Å². The van der Waals surface area contributed by atoms with Crippen molar-refractivity contribution in [2.24, 2.45) is 0 Å². The van der Waals surface area contributed by atoms with Gasteiger partial charge in [-0.2, -0.15) is 13.2 Å². The van der Waals surface area contributed by atoms with E-state index in [0.717, 1.165) is 0 Å². The van der Waals surface area contributed by atoms with Gasteiger partial charge in [-0.3, -0.25) is 4.79 Å². The van der Waals surface area contributed by atoms with Gasteiger partial charge in [-0.05, 0) is 31.2 Å². The Morgan fingerprint density at radius 1 is 1.24 bits per heavy atom. The lowest BCUT2D eigenvalue weighted by molar-refractivity contribution is -0.184. The van der Waals surface area contributed by atoms with Crippen molar-refractivity contribution in [1.82, 2.24) is 0 Å². The minimum atomic E-state index is -4.49. The minimum absolute atomic E-state index is 0.289. The maximum atomic E-state index is 12.0. The van der Waals surface area contributed by atoms with Gasteiger partial charge in [0.05, 0.1) is 12.7 Å². The summed E-state index contributed by atoms with van der Waals surface area (Å²) in [5.74, 6) is -1.25. The van der Waals surface area contributed by atoms with E-state index in [-0.39, 0.29) is 5.56 Å². The van der Waals surface area contributed by atoms with E-state index in [4.69, 9.17) is 0 Å². The van der Waals surface area contributed by atoms with Crippen molar-refractivity contribution >= 4 is 17.6 Å². The molecular weight excluding hydrogens is 291 g/mol. The van der Waals surface area contributed by atoms with Gasteiger partial charge in [0.25, 0.3) is 5.91 Å². The number of anilines is 1. The van der Waals surface area contributed by atoms with Gasteiger partial charge in [-0.1, -0.05) is 0 Å². The Labute approximate surface area is 119 Å². The number of rotatable bonds is 5. The molecule has 0 radical (unpaired) electrons. The molecule has 0 unspecified atom stereocenters. The molecule has 1 amide bonds. The average molecular weight is 305 g/mol. The molecule has 0 aliphatic rings. The van der Waals surface area contributed by atoms with Crippen molar-refractivity contribution in [3.05, 3.63) is 29.8 Å². The second-order valence-corrected chi connectivity index (χ2v) is 4.13. The number of benzene rings is 1. The van der Waals surface area contributed by atoms with Crippen molar-refractivity contribution in [2.45, 2.75) is 19.2 Å². The van der Waals surface area contributed by atoms with Gasteiger partial charge in [0, 0.05) is 5.69 Å². The summed E-state index contributed by atoms with van der Waals surface area (Å²) >= 11 is 0. The van der Waals surface area contributed by atoms with Gasteiger partial charge in [-0.15, -0.1) is 0 Å². The Balaban J connectivity index is 2.56. The van der Waals surface area contributed by atoms with Gasteiger partial charge >= 0.3 is 12.1 Å². The first-order chi connectivity index (χ1) is 9.73. The number of methoxy groups -OCH3 is 1. The number of alkyl halides is 3. The molecule has 0 bridgehead atoms. The van der Waals surface area contributed by atoms with Crippen molar-refractivity contribution in [1.29, 1.82) is 0 Å². The van der Waals surface area contributed by atoms with Crippen LogP contribution in [-0.2, 0) is 14.3 Å². The van der Waals surface area contributed by atoms with Crippen molar-refractivity contribution < 1.29 is 32.2 Å². The Bertz CT molecular complexity index is 499.